The van der Waals surface area contributed by atoms with Crippen molar-refractivity contribution in [2.45, 2.75) is 13.3 Å². The number of ether oxygens (including phenoxy) is 1. The van der Waals surface area contributed by atoms with Gasteiger partial charge < -0.3 is 4.74 Å². The molecule has 3 heteroatoms. The molecule has 1 aromatic rings. The molecule has 1 rings (SSSR count). The van der Waals surface area contributed by atoms with E-state index in [-0.39, 0.29) is 5.78 Å². The molecule has 0 radical (unpaired) electrons. The first-order valence-electron chi connectivity index (χ1n) is 4.86. The van der Waals surface area contributed by atoms with Gasteiger partial charge in [-0.05, 0) is 36.9 Å². The van der Waals surface area contributed by atoms with Crippen molar-refractivity contribution in [2.24, 2.45) is 0 Å². The summed E-state index contributed by atoms with van der Waals surface area (Å²) in [4.78, 5) is 11.8. The van der Waals surface area contributed by atoms with Crippen LogP contribution in [0.3, 0.4) is 0 Å². The fourth-order valence-corrected chi connectivity index (χ4v) is 1.79. The smallest absolute Gasteiger partial charge is 0.163 e. The summed E-state index contributed by atoms with van der Waals surface area (Å²) in [5, 5.41) is 0. The second-order valence-corrected chi connectivity index (χ2v) is 4.33. The van der Waals surface area contributed by atoms with Crippen LogP contribution >= 0.6 is 11.8 Å². The molecule has 0 aromatic heterocycles. The molecule has 0 atom stereocenters. The third kappa shape index (κ3) is 3.27. The van der Waals surface area contributed by atoms with Gasteiger partial charge in [0, 0.05) is 17.7 Å². The highest BCUT2D eigenvalue weighted by Crippen LogP contribution is 2.18. The molecule has 0 fully saturated rings. The topological polar surface area (TPSA) is 26.3 Å². The minimum Gasteiger partial charge on any atom is -0.497 e. The van der Waals surface area contributed by atoms with Crippen LogP contribution in [0.5, 0.6) is 5.75 Å². The maximum absolute atomic E-state index is 11.8. The summed E-state index contributed by atoms with van der Waals surface area (Å²) >= 11 is 1.69. The van der Waals surface area contributed by atoms with Crippen LogP contribution in [-0.4, -0.2) is 24.9 Å². The second kappa shape index (κ2) is 5.81. The monoisotopic (exact) mass is 224 g/mol. The van der Waals surface area contributed by atoms with Crippen LogP contribution in [0.2, 0.25) is 0 Å². The lowest BCUT2D eigenvalue weighted by molar-refractivity contribution is 0.0989. The highest BCUT2D eigenvalue weighted by Gasteiger charge is 2.08. The largest absolute Gasteiger partial charge is 0.497 e. The van der Waals surface area contributed by atoms with Gasteiger partial charge in [-0.25, -0.2) is 0 Å². The van der Waals surface area contributed by atoms with Gasteiger partial charge in [0.25, 0.3) is 0 Å². The van der Waals surface area contributed by atoms with Crippen molar-refractivity contribution < 1.29 is 9.53 Å². The average Bonchev–Trinajstić information content (AvgIpc) is 2.25. The molecule has 0 spiro atoms. The molecule has 0 aliphatic rings. The summed E-state index contributed by atoms with van der Waals surface area (Å²) < 4.78 is 5.10. The van der Waals surface area contributed by atoms with Gasteiger partial charge in [0.05, 0.1) is 7.11 Å². The number of hydrogen-bond acceptors (Lipinski definition) is 3. The summed E-state index contributed by atoms with van der Waals surface area (Å²) in [7, 11) is 1.63. The second-order valence-electron chi connectivity index (χ2n) is 3.35. The fraction of sp³-hybridized carbons (Fsp3) is 0.417. The van der Waals surface area contributed by atoms with Gasteiger partial charge in [-0.15, -0.1) is 0 Å². The lowest BCUT2D eigenvalue weighted by atomic mass is 10.0. The van der Waals surface area contributed by atoms with Crippen LogP contribution in [0.25, 0.3) is 0 Å². The molecule has 1 aromatic carbocycles. The Bertz CT molecular complexity index is 347. The van der Waals surface area contributed by atoms with E-state index in [0.717, 1.165) is 22.6 Å². The molecular weight excluding hydrogens is 208 g/mol. The molecule has 82 valence electrons. The molecule has 0 aliphatic carbocycles. The van der Waals surface area contributed by atoms with Crippen LogP contribution < -0.4 is 4.74 Å². The Balaban J connectivity index is 2.81. The predicted molar refractivity (Wildman–Crippen MR) is 65.1 cm³/mol. The van der Waals surface area contributed by atoms with Gasteiger partial charge in [0.15, 0.2) is 5.78 Å². The third-order valence-corrected chi connectivity index (χ3v) is 2.88. The van der Waals surface area contributed by atoms with E-state index in [0.29, 0.717) is 6.42 Å². The Morgan fingerprint density at radius 2 is 2.20 bits per heavy atom. The SMILES string of the molecule is COc1ccc(C(=O)CCSC)c(C)c1. The molecule has 0 N–H and O–H groups in total. The zero-order valence-corrected chi connectivity index (χ0v) is 10.2. The van der Waals surface area contributed by atoms with E-state index in [4.69, 9.17) is 4.74 Å². The van der Waals surface area contributed by atoms with Gasteiger partial charge in [0.1, 0.15) is 5.75 Å². The van der Waals surface area contributed by atoms with Gasteiger partial charge >= 0.3 is 0 Å². The molecule has 0 saturated heterocycles. The van der Waals surface area contributed by atoms with Crippen molar-refractivity contribution in [3.05, 3.63) is 29.3 Å². The molecule has 0 amide bonds. The van der Waals surface area contributed by atoms with E-state index < -0.39 is 0 Å². The molecule has 0 bridgehead atoms. The zero-order chi connectivity index (χ0) is 11.3. The van der Waals surface area contributed by atoms with Gasteiger partial charge in [-0.2, -0.15) is 11.8 Å². The molecule has 0 saturated carbocycles. The first-order valence-corrected chi connectivity index (χ1v) is 6.25. The summed E-state index contributed by atoms with van der Waals surface area (Å²) in [5.41, 5.74) is 1.80. The first kappa shape index (κ1) is 12.1. The zero-order valence-electron chi connectivity index (χ0n) is 9.37. The third-order valence-electron chi connectivity index (χ3n) is 2.27. The number of carbonyl (C=O) groups is 1. The number of hydrogen-bond donors (Lipinski definition) is 0. The van der Waals surface area contributed by atoms with E-state index in [1.165, 1.54) is 0 Å². The van der Waals surface area contributed by atoms with E-state index in [2.05, 4.69) is 0 Å². The summed E-state index contributed by atoms with van der Waals surface area (Å²) in [6, 6.07) is 5.57. The van der Waals surface area contributed by atoms with Crippen molar-refractivity contribution in [1.29, 1.82) is 0 Å². The van der Waals surface area contributed by atoms with Crippen LogP contribution in [0.15, 0.2) is 18.2 Å². The average molecular weight is 224 g/mol. The molecule has 15 heavy (non-hydrogen) atoms. The Hall–Kier alpha value is -0.960. The van der Waals surface area contributed by atoms with E-state index in [9.17, 15) is 4.79 Å². The lowest BCUT2D eigenvalue weighted by Crippen LogP contribution is -2.03. The Morgan fingerprint density at radius 1 is 1.47 bits per heavy atom. The fourth-order valence-electron chi connectivity index (χ4n) is 1.41. The summed E-state index contributed by atoms with van der Waals surface area (Å²) in [6.07, 6.45) is 2.61. The van der Waals surface area contributed by atoms with Crippen molar-refractivity contribution in [1.82, 2.24) is 0 Å². The highest BCUT2D eigenvalue weighted by molar-refractivity contribution is 7.98. The lowest BCUT2D eigenvalue weighted by Gasteiger charge is -2.06. The van der Waals surface area contributed by atoms with Crippen LogP contribution in [0.4, 0.5) is 0 Å². The summed E-state index contributed by atoms with van der Waals surface area (Å²) in [5.74, 6) is 1.89. The standard InChI is InChI=1S/C12H16O2S/c1-9-8-10(14-2)4-5-11(9)12(13)6-7-15-3/h4-5,8H,6-7H2,1-3H3. The van der Waals surface area contributed by atoms with Crippen molar-refractivity contribution in [2.75, 3.05) is 19.1 Å². The van der Waals surface area contributed by atoms with Gasteiger partial charge in [-0.1, -0.05) is 0 Å². The Kier molecular flexibility index (Phi) is 4.69. The highest BCUT2D eigenvalue weighted by atomic mass is 32.2. The molecule has 2 nitrogen and oxygen atoms in total. The maximum Gasteiger partial charge on any atom is 0.163 e. The predicted octanol–water partition coefficient (Wildman–Crippen LogP) is 2.94. The van der Waals surface area contributed by atoms with Crippen molar-refractivity contribution >= 4 is 17.5 Å². The van der Waals surface area contributed by atoms with Gasteiger partial charge in [-0.3, -0.25) is 4.79 Å². The van der Waals surface area contributed by atoms with E-state index in [1.807, 2.05) is 31.4 Å². The van der Waals surface area contributed by atoms with Crippen LogP contribution in [0, 0.1) is 6.92 Å². The van der Waals surface area contributed by atoms with Crippen molar-refractivity contribution in [3.63, 3.8) is 0 Å². The molecule has 0 unspecified atom stereocenters. The maximum atomic E-state index is 11.8. The normalized spacial score (nSPS) is 10.1. The molecular formula is C12H16O2S. The van der Waals surface area contributed by atoms with E-state index in [1.54, 1.807) is 18.9 Å². The first-order chi connectivity index (χ1) is 7.19. The summed E-state index contributed by atoms with van der Waals surface area (Å²) in [6.45, 7) is 1.94. The molecule has 0 heterocycles. The van der Waals surface area contributed by atoms with Gasteiger partial charge in [0.2, 0.25) is 0 Å². The van der Waals surface area contributed by atoms with Crippen molar-refractivity contribution in [3.8, 4) is 5.75 Å². The minimum atomic E-state index is 0.213. The number of rotatable bonds is 5. The number of benzene rings is 1. The quantitative estimate of drug-likeness (QED) is 0.719. The Labute approximate surface area is 95.0 Å². The number of methoxy groups -OCH3 is 1. The Morgan fingerprint density at radius 3 is 2.73 bits per heavy atom. The number of ketones is 1. The number of carbonyl (C=O) groups excluding carboxylic acids is 1. The molecule has 0 aliphatic heterocycles. The number of thioether (sulfide) groups is 1. The van der Waals surface area contributed by atoms with Crippen LogP contribution in [-0.2, 0) is 0 Å². The number of aryl methyl sites for hydroxylation is 1. The van der Waals surface area contributed by atoms with E-state index >= 15 is 0 Å². The van der Waals surface area contributed by atoms with Crippen LogP contribution in [0.1, 0.15) is 22.3 Å². The number of Topliss-reactive ketones (excluding diaryl/α,β-unsaturated/α-hetero) is 1. The minimum absolute atomic E-state index is 0.213.